The van der Waals surface area contributed by atoms with Crippen molar-refractivity contribution < 1.29 is 20.3 Å². The molecule has 1 unspecified atom stereocenters. The van der Waals surface area contributed by atoms with Crippen LogP contribution in [0.15, 0.2) is 45.2 Å². The molecule has 35 heavy (non-hydrogen) atoms. The zero-order valence-corrected chi connectivity index (χ0v) is 21.5. The lowest BCUT2D eigenvalue weighted by Crippen LogP contribution is -2.85. The second kappa shape index (κ2) is 10.8. The maximum absolute atomic E-state index is 13.0. The number of rotatable bonds is 3. The Morgan fingerprint density at radius 3 is 2.17 bits per heavy atom. The summed E-state index contributed by atoms with van der Waals surface area (Å²) in [6.07, 6.45) is 4.72. The highest BCUT2D eigenvalue weighted by Crippen LogP contribution is 2.45. The number of hydrogen-bond donors (Lipinski definition) is 2. The van der Waals surface area contributed by atoms with Crippen LogP contribution < -0.4 is 21.7 Å². The van der Waals surface area contributed by atoms with Crippen LogP contribution in [0.2, 0.25) is 5.02 Å². The van der Waals surface area contributed by atoms with Crippen molar-refractivity contribution in [3.05, 3.63) is 72.6 Å². The number of ketones is 1. The first-order chi connectivity index (χ1) is 16.5. The number of aliphatic hydroxyl groups is 1. The van der Waals surface area contributed by atoms with Crippen molar-refractivity contribution in [2.75, 3.05) is 13.1 Å². The van der Waals surface area contributed by atoms with Gasteiger partial charge in [0, 0.05) is 49.0 Å². The number of quaternary nitrogens is 1. The predicted octanol–water partition coefficient (Wildman–Crippen LogP) is 1.88. The van der Waals surface area contributed by atoms with Crippen LogP contribution in [0, 0.1) is 5.41 Å². The molecule has 1 aromatic carbocycles. The van der Waals surface area contributed by atoms with E-state index >= 15 is 0 Å². The molecule has 2 aliphatic rings. The predicted molar refractivity (Wildman–Crippen MR) is 133 cm³/mol. The Kier molecular flexibility index (Phi) is 8.28. The van der Waals surface area contributed by atoms with Gasteiger partial charge in [0.1, 0.15) is 5.76 Å². The van der Waals surface area contributed by atoms with E-state index in [1.54, 1.807) is 24.3 Å². The third-order valence-electron chi connectivity index (χ3n) is 6.65. The highest BCUT2D eigenvalue weighted by Gasteiger charge is 2.39. The van der Waals surface area contributed by atoms with E-state index in [0.717, 1.165) is 9.13 Å². The number of halogens is 1. The summed E-state index contributed by atoms with van der Waals surface area (Å²) in [7, 11) is 2.52. The molecule has 1 aliphatic carbocycles. The molecule has 2 heterocycles. The molecule has 3 N–H and O–H groups in total. The fourth-order valence-corrected chi connectivity index (χ4v) is 5.04. The molecule has 0 saturated carbocycles. The number of aromatic nitrogens is 2. The molecule has 0 radical (unpaired) electrons. The van der Waals surface area contributed by atoms with E-state index < -0.39 is 28.5 Å². The van der Waals surface area contributed by atoms with E-state index in [1.807, 2.05) is 13.8 Å². The van der Waals surface area contributed by atoms with Gasteiger partial charge in [0.05, 0.1) is 13.1 Å². The Bertz CT molecular complexity index is 1240. The van der Waals surface area contributed by atoms with Crippen LogP contribution in [-0.4, -0.2) is 33.1 Å². The number of Topliss-reactive ketones (excluding diaryl/α,β-unsaturated/α-hetero) is 1. The smallest absolute Gasteiger partial charge is 0.329 e. The quantitative estimate of drug-likeness (QED) is 0.662. The molecule has 1 aliphatic heterocycles. The average molecular weight is 504 g/mol. The van der Waals surface area contributed by atoms with Gasteiger partial charge in [-0.05, 0) is 42.2 Å². The molecule has 1 aromatic heterocycles. The molecule has 1 atom stereocenters. The van der Waals surface area contributed by atoms with E-state index in [1.165, 1.54) is 46.4 Å². The zero-order chi connectivity index (χ0) is 25.9. The van der Waals surface area contributed by atoms with Gasteiger partial charge in [-0.2, -0.15) is 0 Å². The van der Waals surface area contributed by atoms with Crippen molar-refractivity contribution >= 4 is 17.4 Å². The minimum absolute atomic E-state index is 0.0229. The van der Waals surface area contributed by atoms with Gasteiger partial charge in [-0.3, -0.25) is 14.2 Å². The summed E-state index contributed by atoms with van der Waals surface area (Å²) in [5.74, 6) is -2.53. The molecule has 190 valence electrons. The van der Waals surface area contributed by atoms with E-state index in [0.29, 0.717) is 5.56 Å². The number of piperidine rings is 1. The minimum atomic E-state index is -1.18. The Hall–Kier alpha value is -2.84. The summed E-state index contributed by atoms with van der Waals surface area (Å²) < 4.78 is 1.63. The molecule has 4 rings (SSSR count). The Labute approximate surface area is 209 Å². The fourth-order valence-electron chi connectivity index (χ4n) is 4.79. The first-order valence-electron chi connectivity index (χ1n) is 11.9. The summed E-state index contributed by atoms with van der Waals surface area (Å²) in [6, 6.07) is 6.53. The van der Waals surface area contributed by atoms with Crippen LogP contribution >= 0.6 is 11.6 Å². The van der Waals surface area contributed by atoms with Gasteiger partial charge in [-0.15, -0.1) is 0 Å². The van der Waals surface area contributed by atoms with E-state index in [4.69, 9.17) is 11.6 Å². The first-order valence-corrected chi connectivity index (χ1v) is 12.3. The first kappa shape index (κ1) is 26.8. The lowest BCUT2D eigenvalue weighted by Gasteiger charge is -2.34. The number of carbonyl (C=O) groups is 1. The van der Waals surface area contributed by atoms with Crippen LogP contribution in [0.3, 0.4) is 0 Å². The van der Waals surface area contributed by atoms with Crippen molar-refractivity contribution in [2.45, 2.75) is 51.9 Å². The van der Waals surface area contributed by atoms with E-state index in [9.17, 15) is 24.6 Å². The molecule has 1 fully saturated rings. The van der Waals surface area contributed by atoms with Crippen molar-refractivity contribution in [1.82, 2.24) is 9.13 Å². The Balaban J connectivity index is 0.000000497. The maximum Gasteiger partial charge on any atom is 0.329 e. The minimum Gasteiger partial charge on any atom is -0.860 e. The summed E-state index contributed by atoms with van der Waals surface area (Å²) >= 11 is 6.36. The summed E-state index contributed by atoms with van der Waals surface area (Å²) in [5.41, 5.74) is -2.01. The monoisotopic (exact) mass is 503 g/mol. The van der Waals surface area contributed by atoms with Crippen LogP contribution in [0.25, 0.3) is 0 Å². The highest BCUT2D eigenvalue weighted by molar-refractivity contribution is 6.31. The number of allylic oxidation sites excluding steroid dienone is 2. The standard InChI is InChI=1S/C21H23ClN2O5.C5H11N/c1-21(2)9-13(25)16(14(26)10-21)15(11-7-5-6-8-12(11)22)17-18(27)23(3)20(29)24(4)19(17)28;1-2-4-6-5-3-1/h5-8,15,25,27H,9-10H2,1-4H3;6H,1-5H2. The lowest BCUT2D eigenvalue weighted by atomic mass is 9.71. The molecule has 0 amide bonds. The molecule has 8 nitrogen and oxygen atoms in total. The molecular formula is C26H34ClN3O5. The number of benzene rings is 1. The Morgan fingerprint density at radius 1 is 1.03 bits per heavy atom. The number of nitrogens with two attached hydrogens (primary N) is 1. The second-order valence-electron chi connectivity index (χ2n) is 10.1. The summed E-state index contributed by atoms with van der Waals surface area (Å²) in [6.45, 7) is 6.46. The van der Waals surface area contributed by atoms with Gasteiger partial charge in [-0.1, -0.05) is 43.6 Å². The van der Waals surface area contributed by atoms with Crippen molar-refractivity contribution in [3.8, 4) is 5.88 Å². The molecule has 0 bridgehead atoms. The number of hydrogen-bond acceptors (Lipinski definition) is 5. The zero-order valence-electron chi connectivity index (χ0n) is 20.8. The van der Waals surface area contributed by atoms with Crippen LogP contribution in [0.1, 0.15) is 63.0 Å². The van der Waals surface area contributed by atoms with Gasteiger partial charge in [0.15, 0.2) is 5.78 Å². The molecule has 2 aromatic rings. The van der Waals surface area contributed by atoms with Gasteiger partial charge in [0.25, 0.3) is 5.56 Å². The van der Waals surface area contributed by atoms with E-state index in [-0.39, 0.29) is 40.5 Å². The van der Waals surface area contributed by atoms with Crippen molar-refractivity contribution in [1.29, 1.82) is 0 Å². The summed E-state index contributed by atoms with van der Waals surface area (Å²) in [5, 5.41) is 26.4. The SMILES string of the molecule is C1CC[NH2+]CC1.Cn1c([O-])c(C(C2=C(O)CC(C)(C)CC2=O)c2ccccc2Cl)c(=O)n(C)c1=O. The van der Waals surface area contributed by atoms with Gasteiger partial charge in [-0.25, -0.2) is 4.79 Å². The third-order valence-corrected chi connectivity index (χ3v) is 6.99. The second-order valence-corrected chi connectivity index (χ2v) is 10.5. The number of aliphatic hydroxyl groups excluding tert-OH is 1. The largest absolute Gasteiger partial charge is 0.860 e. The topological polar surface area (TPSA) is 121 Å². The average Bonchev–Trinajstić information content (AvgIpc) is 2.81. The number of nitrogens with zero attached hydrogens (tertiary/aromatic N) is 2. The van der Waals surface area contributed by atoms with Gasteiger partial charge >= 0.3 is 5.69 Å². The Morgan fingerprint density at radius 2 is 1.66 bits per heavy atom. The summed E-state index contributed by atoms with van der Waals surface area (Å²) in [4.78, 5) is 38.2. The fraction of sp³-hybridized carbons (Fsp3) is 0.500. The lowest BCUT2D eigenvalue weighted by molar-refractivity contribution is -0.662. The van der Waals surface area contributed by atoms with Crippen LogP contribution in [0.5, 0.6) is 5.88 Å². The third kappa shape index (κ3) is 5.70. The maximum atomic E-state index is 13.0. The van der Waals surface area contributed by atoms with Crippen molar-refractivity contribution in [3.63, 3.8) is 0 Å². The molecule has 1 saturated heterocycles. The van der Waals surface area contributed by atoms with Crippen molar-refractivity contribution in [2.24, 2.45) is 19.5 Å². The normalized spacial score (nSPS) is 18.6. The molecule has 9 heteroatoms. The van der Waals surface area contributed by atoms with Crippen LogP contribution in [0.4, 0.5) is 0 Å². The number of carbonyl (C=O) groups excluding carboxylic acids is 1. The van der Waals surface area contributed by atoms with Gasteiger partial charge in [0.2, 0.25) is 0 Å². The molecular weight excluding hydrogens is 470 g/mol. The molecule has 0 spiro atoms. The van der Waals surface area contributed by atoms with Crippen LogP contribution in [-0.2, 0) is 18.9 Å². The van der Waals surface area contributed by atoms with Gasteiger partial charge < -0.3 is 20.1 Å². The van der Waals surface area contributed by atoms with E-state index in [2.05, 4.69) is 5.32 Å². The highest BCUT2D eigenvalue weighted by atomic mass is 35.5.